The molecule has 2 nitrogen and oxygen atoms in total. The highest BCUT2D eigenvalue weighted by atomic mass is 19.1. The Morgan fingerprint density at radius 1 is 1.12 bits per heavy atom. The van der Waals surface area contributed by atoms with Gasteiger partial charge in [0, 0.05) is 30.3 Å². The molecule has 0 amide bonds. The topological polar surface area (TPSA) is 12.5 Å². The van der Waals surface area contributed by atoms with E-state index in [9.17, 15) is 4.39 Å². The molecule has 2 aromatic rings. The normalized spacial score (nSPS) is 22.7. The van der Waals surface area contributed by atoms with Crippen LogP contribution in [0.5, 0.6) is 5.75 Å². The van der Waals surface area contributed by atoms with Crippen molar-refractivity contribution in [3.05, 3.63) is 71.6 Å². The zero-order chi connectivity index (χ0) is 17.2. The summed E-state index contributed by atoms with van der Waals surface area (Å²) in [6, 6.07) is 16.6. The predicted octanol–water partition coefficient (Wildman–Crippen LogP) is 5.04. The first-order valence-electron chi connectivity index (χ1n) is 9.17. The van der Waals surface area contributed by atoms with Gasteiger partial charge in [-0.25, -0.2) is 4.39 Å². The van der Waals surface area contributed by atoms with Gasteiger partial charge in [0.05, 0.1) is 6.61 Å². The van der Waals surface area contributed by atoms with Crippen molar-refractivity contribution in [1.29, 1.82) is 0 Å². The van der Waals surface area contributed by atoms with Crippen LogP contribution in [0.3, 0.4) is 0 Å². The van der Waals surface area contributed by atoms with Gasteiger partial charge in [0.1, 0.15) is 11.6 Å². The zero-order valence-corrected chi connectivity index (χ0v) is 14.6. The Bertz CT molecular complexity index is 771. The van der Waals surface area contributed by atoms with Crippen molar-refractivity contribution in [3.8, 4) is 5.75 Å². The Balaban J connectivity index is 1.59. The summed E-state index contributed by atoms with van der Waals surface area (Å²) in [5, 5.41) is 0. The van der Waals surface area contributed by atoms with Crippen molar-refractivity contribution in [1.82, 2.24) is 4.90 Å². The quantitative estimate of drug-likeness (QED) is 0.757. The van der Waals surface area contributed by atoms with E-state index in [4.69, 9.17) is 4.74 Å². The Kier molecular flexibility index (Phi) is 4.58. The van der Waals surface area contributed by atoms with Gasteiger partial charge < -0.3 is 4.74 Å². The van der Waals surface area contributed by atoms with Crippen molar-refractivity contribution in [2.24, 2.45) is 0 Å². The molecule has 4 rings (SSSR count). The van der Waals surface area contributed by atoms with Gasteiger partial charge in [-0.3, -0.25) is 4.90 Å². The minimum Gasteiger partial charge on any atom is -0.493 e. The molecule has 3 heteroatoms. The van der Waals surface area contributed by atoms with Crippen LogP contribution in [0, 0.1) is 5.82 Å². The van der Waals surface area contributed by atoms with E-state index >= 15 is 0 Å². The van der Waals surface area contributed by atoms with E-state index in [1.165, 1.54) is 36.1 Å². The summed E-state index contributed by atoms with van der Waals surface area (Å²) in [7, 11) is 0. The highest BCUT2D eigenvalue weighted by molar-refractivity contribution is 5.72. The van der Waals surface area contributed by atoms with Gasteiger partial charge in [0.25, 0.3) is 0 Å². The molecular formula is C22H24FNO. The summed E-state index contributed by atoms with van der Waals surface area (Å²) in [6.07, 6.45) is 5.81. The summed E-state index contributed by atoms with van der Waals surface area (Å²) < 4.78 is 19.3. The van der Waals surface area contributed by atoms with Crippen molar-refractivity contribution in [3.63, 3.8) is 0 Å². The van der Waals surface area contributed by atoms with Crippen LogP contribution >= 0.6 is 0 Å². The average Bonchev–Trinajstić information content (AvgIpc) is 2.85. The summed E-state index contributed by atoms with van der Waals surface area (Å²) in [6.45, 7) is 3.49. The zero-order valence-electron chi connectivity index (χ0n) is 14.6. The van der Waals surface area contributed by atoms with Crippen molar-refractivity contribution in [2.45, 2.75) is 44.8 Å². The molecule has 25 heavy (non-hydrogen) atoms. The van der Waals surface area contributed by atoms with E-state index in [0.29, 0.717) is 24.4 Å². The van der Waals surface area contributed by atoms with E-state index in [1.807, 2.05) is 13.0 Å². The van der Waals surface area contributed by atoms with Crippen LogP contribution in [0.2, 0.25) is 0 Å². The summed E-state index contributed by atoms with van der Waals surface area (Å²) in [5.41, 5.74) is 3.73. The second-order valence-corrected chi connectivity index (χ2v) is 6.93. The van der Waals surface area contributed by atoms with Crippen LogP contribution < -0.4 is 4.74 Å². The summed E-state index contributed by atoms with van der Waals surface area (Å²) in [5.74, 6) is 0.432. The fourth-order valence-corrected chi connectivity index (χ4v) is 4.19. The second kappa shape index (κ2) is 7.01. The number of nitrogens with zero attached hydrogens (tertiary/aromatic N) is 1. The highest BCUT2D eigenvalue weighted by Gasteiger charge is 2.37. The number of fused-ring (bicyclic) bond motifs is 2. The van der Waals surface area contributed by atoms with E-state index in [-0.39, 0.29) is 5.82 Å². The SMILES string of the molecule is CCOc1cc(F)ccc1C1=CC2CCC(C1)N2Cc1ccccc1. The van der Waals surface area contributed by atoms with Crippen LogP contribution in [0.25, 0.3) is 5.57 Å². The van der Waals surface area contributed by atoms with Crippen molar-refractivity contribution in [2.75, 3.05) is 6.61 Å². The molecule has 2 aliphatic heterocycles. The Labute approximate surface area is 148 Å². The smallest absolute Gasteiger partial charge is 0.129 e. The molecule has 0 spiro atoms. The molecule has 2 unspecified atom stereocenters. The first kappa shape index (κ1) is 16.3. The molecule has 2 aromatic carbocycles. The third-order valence-electron chi connectivity index (χ3n) is 5.34. The minimum absolute atomic E-state index is 0.239. The number of rotatable bonds is 5. The lowest BCUT2D eigenvalue weighted by molar-refractivity contribution is 0.203. The van der Waals surface area contributed by atoms with E-state index in [1.54, 1.807) is 0 Å². The molecule has 0 radical (unpaired) electrons. The maximum Gasteiger partial charge on any atom is 0.129 e. The van der Waals surface area contributed by atoms with E-state index < -0.39 is 0 Å². The molecule has 0 aromatic heterocycles. The number of hydrogen-bond acceptors (Lipinski definition) is 2. The maximum absolute atomic E-state index is 13.6. The largest absolute Gasteiger partial charge is 0.493 e. The van der Waals surface area contributed by atoms with Gasteiger partial charge in [-0.05, 0) is 49.5 Å². The molecule has 0 aliphatic carbocycles. The fraction of sp³-hybridized carbons (Fsp3) is 0.364. The average molecular weight is 337 g/mol. The number of benzene rings is 2. The molecular weight excluding hydrogens is 313 g/mol. The fourth-order valence-electron chi connectivity index (χ4n) is 4.19. The Morgan fingerprint density at radius 3 is 2.72 bits per heavy atom. The first-order valence-corrected chi connectivity index (χ1v) is 9.17. The lowest BCUT2D eigenvalue weighted by atomic mass is 9.93. The van der Waals surface area contributed by atoms with Crippen molar-refractivity contribution < 1.29 is 9.13 Å². The standard InChI is InChI=1S/C22H24FNO/c1-2-25-22-14-18(23)8-11-21(22)17-12-19-9-10-20(13-17)24(19)15-16-6-4-3-5-7-16/h3-8,11-12,14,19-20H,2,9-10,13,15H2,1H3. The molecule has 2 bridgehead atoms. The molecule has 1 saturated heterocycles. The molecule has 1 fully saturated rings. The number of ether oxygens (including phenoxy) is 1. The van der Waals surface area contributed by atoms with Gasteiger partial charge in [0.15, 0.2) is 0 Å². The highest BCUT2D eigenvalue weighted by Crippen LogP contribution is 2.41. The first-order chi connectivity index (χ1) is 12.2. The predicted molar refractivity (Wildman–Crippen MR) is 99.0 cm³/mol. The molecule has 0 N–H and O–H groups in total. The summed E-state index contributed by atoms with van der Waals surface area (Å²) in [4.78, 5) is 2.61. The van der Waals surface area contributed by atoms with Crippen LogP contribution in [0.1, 0.15) is 37.3 Å². The lowest BCUT2D eigenvalue weighted by Gasteiger charge is -2.34. The minimum atomic E-state index is -0.239. The lowest BCUT2D eigenvalue weighted by Crippen LogP contribution is -2.37. The number of halogens is 1. The van der Waals surface area contributed by atoms with E-state index in [2.05, 4.69) is 41.3 Å². The second-order valence-electron chi connectivity index (χ2n) is 6.93. The van der Waals surface area contributed by atoms with Gasteiger partial charge in [-0.1, -0.05) is 36.4 Å². The van der Waals surface area contributed by atoms with Crippen LogP contribution in [0.4, 0.5) is 4.39 Å². The molecule has 2 heterocycles. The number of hydrogen-bond donors (Lipinski definition) is 0. The molecule has 0 saturated carbocycles. The third-order valence-corrected chi connectivity index (χ3v) is 5.34. The van der Waals surface area contributed by atoms with Crippen LogP contribution in [0.15, 0.2) is 54.6 Å². The molecule has 2 atom stereocenters. The summed E-state index contributed by atoms with van der Waals surface area (Å²) >= 11 is 0. The van der Waals surface area contributed by atoms with Gasteiger partial charge >= 0.3 is 0 Å². The Morgan fingerprint density at radius 2 is 1.96 bits per heavy atom. The third kappa shape index (κ3) is 3.34. The molecule has 2 aliphatic rings. The van der Waals surface area contributed by atoms with Gasteiger partial charge in [0.2, 0.25) is 0 Å². The molecule has 130 valence electrons. The van der Waals surface area contributed by atoms with Crippen LogP contribution in [-0.4, -0.2) is 23.6 Å². The Hall–Kier alpha value is -2.13. The van der Waals surface area contributed by atoms with Gasteiger partial charge in [-0.2, -0.15) is 0 Å². The van der Waals surface area contributed by atoms with Crippen molar-refractivity contribution >= 4 is 5.57 Å². The monoisotopic (exact) mass is 337 g/mol. The van der Waals surface area contributed by atoms with E-state index in [0.717, 1.165) is 18.5 Å². The maximum atomic E-state index is 13.6. The van der Waals surface area contributed by atoms with Gasteiger partial charge in [-0.15, -0.1) is 0 Å². The van der Waals surface area contributed by atoms with Crippen LogP contribution in [-0.2, 0) is 6.54 Å².